The van der Waals surface area contributed by atoms with Crippen LogP contribution in [0.15, 0.2) is 22.7 Å². The molecule has 0 aliphatic heterocycles. The zero-order valence-corrected chi connectivity index (χ0v) is 10.9. The Morgan fingerprint density at radius 1 is 1.47 bits per heavy atom. The highest BCUT2D eigenvalue weighted by atomic mass is 19.1. The summed E-state index contributed by atoms with van der Waals surface area (Å²) in [6.07, 6.45) is 0.584. The minimum Gasteiger partial charge on any atom is -0.385 e. The molecule has 5 nitrogen and oxygen atoms in total. The van der Waals surface area contributed by atoms with Crippen LogP contribution in [0.5, 0.6) is 0 Å². The zero-order chi connectivity index (χ0) is 13.8. The van der Waals surface area contributed by atoms with Crippen LogP contribution in [0.25, 0.3) is 11.4 Å². The van der Waals surface area contributed by atoms with E-state index in [0.29, 0.717) is 30.3 Å². The monoisotopic (exact) mass is 265 g/mol. The summed E-state index contributed by atoms with van der Waals surface area (Å²) < 4.78 is 23.3. The van der Waals surface area contributed by atoms with Gasteiger partial charge in [0.2, 0.25) is 11.7 Å². The Kier molecular flexibility index (Phi) is 4.24. The predicted octanol–water partition coefficient (Wildman–Crippen LogP) is 2.22. The third-order valence-corrected chi connectivity index (χ3v) is 2.83. The van der Waals surface area contributed by atoms with Gasteiger partial charge in [0.1, 0.15) is 5.82 Å². The van der Waals surface area contributed by atoms with E-state index in [4.69, 9.17) is 15.0 Å². The molecule has 19 heavy (non-hydrogen) atoms. The van der Waals surface area contributed by atoms with Crippen molar-refractivity contribution in [3.8, 4) is 11.4 Å². The molecule has 1 heterocycles. The van der Waals surface area contributed by atoms with Crippen LogP contribution >= 0.6 is 0 Å². The molecule has 0 spiro atoms. The standard InChI is InChI=1S/C13H16FN3O2/c1-8-3-4-9(14)7-10(8)12-16-13(19-17-12)11(15)5-6-18-2/h3-4,7,11H,5-6,15H2,1-2H3. The number of hydrogen-bond acceptors (Lipinski definition) is 5. The number of aryl methyl sites for hydroxylation is 1. The molecule has 6 heteroatoms. The number of benzene rings is 1. The molecule has 2 rings (SSSR count). The van der Waals surface area contributed by atoms with E-state index >= 15 is 0 Å². The SMILES string of the molecule is COCCC(N)c1nc(-c2cc(F)ccc2C)no1. The van der Waals surface area contributed by atoms with Crippen LogP contribution in [-0.2, 0) is 4.74 Å². The summed E-state index contributed by atoms with van der Waals surface area (Å²) in [7, 11) is 1.60. The maximum absolute atomic E-state index is 13.2. The highest BCUT2D eigenvalue weighted by Crippen LogP contribution is 2.23. The Hall–Kier alpha value is -1.79. The number of nitrogens with zero attached hydrogens (tertiary/aromatic N) is 2. The first-order chi connectivity index (χ1) is 9.11. The third kappa shape index (κ3) is 3.15. The molecule has 0 saturated heterocycles. The quantitative estimate of drug-likeness (QED) is 0.897. The minimum atomic E-state index is -0.380. The first kappa shape index (κ1) is 13.6. The van der Waals surface area contributed by atoms with Crippen LogP contribution in [0.2, 0.25) is 0 Å². The molecule has 2 N–H and O–H groups in total. The van der Waals surface area contributed by atoms with Crippen LogP contribution in [-0.4, -0.2) is 23.9 Å². The van der Waals surface area contributed by atoms with Crippen molar-refractivity contribution in [2.45, 2.75) is 19.4 Å². The minimum absolute atomic E-state index is 0.329. The maximum atomic E-state index is 13.2. The average Bonchev–Trinajstić information content (AvgIpc) is 2.88. The van der Waals surface area contributed by atoms with E-state index in [2.05, 4.69) is 10.1 Å². The normalized spacial score (nSPS) is 12.6. The smallest absolute Gasteiger partial charge is 0.243 e. The second kappa shape index (κ2) is 5.90. The van der Waals surface area contributed by atoms with Gasteiger partial charge in [0.05, 0.1) is 6.04 Å². The molecular formula is C13H16FN3O2. The van der Waals surface area contributed by atoms with Crippen molar-refractivity contribution in [1.82, 2.24) is 10.1 Å². The van der Waals surface area contributed by atoms with Crippen LogP contribution in [0.4, 0.5) is 4.39 Å². The van der Waals surface area contributed by atoms with Gasteiger partial charge in [-0.15, -0.1) is 0 Å². The van der Waals surface area contributed by atoms with E-state index in [1.165, 1.54) is 12.1 Å². The van der Waals surface area contributed by atoms with Gasteiger partial charge in [-0.2, -0.15) is 4.98 Å². The first-order valence-electron chi connectivity index (χ1n) is 5.96. The van der Waals surface area contributed by atoms with Crippen LogP contribution in [0.1, 0.15) is 23.9 Å². The fraction of sp³-hybridized carbons (Fsp3) is 0.385. The average molecular weight is 265 g/mol. The van der Waals surface area contributed by atoms with Gasteiger partial charge in [0, 0.05) is 19.3 Å². The van der Waals surface area contributed by atoms with Crippen LogP contribution in [0, 0.1) is 12.7 Å². The lowest BCUT2D eigenvalue weighted by atomic mass is 10.1. The molecule has 0 radical (unpaired) electrons. The first-order valence-corrected chi connectivity index (χ1v) is 5.96. The van der Waals surface area contributed by atoms with Crippen molar-refractivity contribution in [2.75, 3.05) is 13.7 Å². The van der Waals surface area contributed by atoms with Crippen molar-refractivity contribution in [3.63, 3.8) is 0 Å². The predicted molar refractivity (Wildman–Crippen MR) is 67.9 cm³/mol. The number of ether oxygens (including phenoxy) is 1. The van der Waals surface area contributed by atoms with Crippen molar-refractivity contribution in [3.05, 3.63) is 35.5 Å². The summed E-state index contributed by atoms with van der Waals surface area (Å²) in [5.41, 5.74) is 7.37. The van der Waals surface area contributed by atoms with E-state index in [0.717, 1.165) is 5.56 Å². The Balaban J connectivity index is 2.23. The molecule has 0 saturated carbocycles. The highest BCUT2D eigenvalue weighted by molar-refractivity contribution is 5.59. The van der Waals surface area contributed by atoms with Crippen molar-refractivity contribution >= 4 is 0 Å². The number of nitrogens with two attached hydrogens (primary N) is 1. The molecule has 102 valence electrons. The molecule has 1 aromatic carbocycles. The summed E-state index contributed by atoms with van der Waals surface area (Å²) in [5.74, 6) is 0.339. The number of methoxy groups -OCH3 is 1. The molecule has 0 fully saturated rings. The van der Waals surface area contributed by atoms with E-state index in [1.807, 2.05) is 6.92 Å². The second-order valence-electron chi connectivity index (χ2n) is 4.30. The Morgan fingerprint density at radius 3 is 3.00 bits per heavy atom. The maximum Gasteiger partial charge on any atom is 0.243 e. The lowest BCUT2D eigenvalue weighted by Gasteiger charge is -2.04. The van der Waals surface area contributed by atoms with Gasteiger partial charge in [-0.1, -0.05) is 11.2 Å². The summed E-state index contributed by atoms with van der Waals surface area (Å²) in [4.78, 5) is 4.21. The van der Waals surface area contributed by atoms with Crippen molar-refractivity contribution < 1.29 is 13.7 Å². The fourth-order valence-corrected chi connectivity index (χ4v) is 1.70. The molecule has 1 aromatic heterocycles. The largest absolute Gasteiger partial charge is 0.385 e. The van der Waals surface area contributed by atoms with Gasteiger partial charge in [-0.05, 0) is 31.0 Å². The molecule has 0 bridgehead atoms. The Morgan fingerprint density at radius 2 is 2.26 bits per heavy atom. The van der Waals surface area contributed by atoms with E-state index in [9.17, 15) is 4.39 Å². The molecular weight excluding hydrogens is 249 g/mol. The highest BCUT2D eigenvalue weighted by Gasteiger charge is 2.16. The lowest BCUT2D eigenvalue weighted by Crippen LogP contribution is -2.13. The van der Waals surface area contributed by atoms with Crippen molar-refractivity contribution in [2.24, 2.45) is 5.73 Å². The number of rotatable bonds is 5. The van der Waals surface area contributed by atoms with Gasteiger partial charge < -0.3 is 15.0 Å². The van der Waals surface area contributed by atoms with Gasteiger partial charge in [0.25, 0.3) is 0 Å². The summed E-state index contributed by atoms with van der Waals surface area (Å²) in [5, 5.41) is 3.84. The van der Waals surface area contributed by atoms with Gasteiger partial charge in [-0.25, -0.2) is 4.39 Å². The molecule has 2 aromatic rings. The van der Waals surface area contributed by atoms with Gasteiger partial charge >= 0.3 is 0 Å². The topological polar surface area (TPSA) is 74.2 Å². The third-order valence-electron chi connectivity index (χ3n) is 2.83. The van der Waals surface area contributed by atoms with E-state index in [-0.39, 0.29) is 11.9 Å². The number of hydrogen-bond donors (Lipinski definition) is 1. The van der Waals surface area contributed by atoms with Gasteiger partial charge in [-0.3, -0.25) is 0 Å². The summed E-state index contributed by atoms with van der Waals surface area (Å²) >= 11 is 0. The molecule has 0 aliphatic carbocycles. The second-order valence-corrected chi connectivity index (χ2v) is 4.30. The fourth-order valence-electron chi connectivity index (χ4n) is 1.70. The van der Waals surface area contributed by atoms with Crippen LogP contribution in [0.3, 0.4) is 0 Å². The number of aromatic nitrogens is 2. The molecule has 1 atom stereocenters. The van der Waals surface area contributed by atoms with Crippen molar-refractivity contribution in [1.29, 1.82) is 0 Å². The van der Waals surface area contributed by atoms with Gasteiger partial charge in [0.15, 0.2) is 0 Å². The number of halogens is 1. The molecule has 0 aliphatic rings. The van der Waals surface area contributed by atoms with E-state index < -0.39 is 0 Å². The zero-order valence-electron chi connectivity index (χ0n) is 10.9. The summed E-state index contributed by atoms with van der Waals surface area (Å²) in [6, 6.07) is 4.07. The molecule has 1 unspecified atom stereocenters. The summed E-state index contributed by atoms with van der Waals surface area (Å²) in [6.45, 7) is 2.37. The lowest BCUT2D eigenvalue weighted by molar-refractivity contribution is 0.182. The Labute approximate surface area is 110 Å². The van der Waals surface area contributed by atoms with E-state index in [1.54, 1.807) is 13.2 Å². The Bertz CT molecular complexity index is 557. The van der Waals surface area contributed by atoms with Crippen LogP contribution < -0.4 is 5.73 Å². The molecule has 0 amide bonds.